The van der Waals surface area contributed by atoms with E-state index >= 15 is 0 Å². The smallest absolute Gasteiger partial charge is 0.409 e. The first-order valence-electron chi connectivity index (χ1n) is 12.5. The van der Waals surface area contributed by atoms with Crippen molar-refractivity contribution < 1.29 is 62.2 Å². The fraction of sp³-hybridized carbons (Fsp3) is 0.0286. The summed E-state index contributed by atoms with van der Waals surface area (Å²) in [5.41, 5.74) is 7.96. The Morgan fingerprint density at radius 1 is 0.525 bits per heavy atom. The zero-order chi connectivity index (χ0) is 25.4. The Bertz CT molecular complexity index is 1640. The van der Waals surface area contributed by atoms with E-state index in [0.717, 1.165) is 50.7 Å². The van der Waals surface area contributed by atoms with Crippen molar-refractivity contribution in [3.8, 4) is 11.4 Å². The van der Waals surface area contributed by atoms with Crippen molar-refractivity contribution >= 4 is 17.1 Å². The van der Waals surface area contributed by atoms with Gasteiger partial charge in [0.15, 0.2) is 0 Å². The molecule has 0 aliphatic heterocycles. The van der Waals surface area contributed by atoms with E-state index in [9.17, 15) is 0 Å². The summed E-state index contributed by atoms with van der Waals surface area (Å²) in [5.74, 6) is 0. The van der Waals surface area contributed by atoms with Crippen LogP contribution in [0.15, 0.2) is 128 Å². The third kappa shape index (κ3) is 4.60. The van der Waals surface area contributed by atoms with Crippen LogP contribution in [0.1, 0.15) is 22.3 Å². The Balaban J connectivity index is 0.00000161. The van der Waals surface area contributed by atoms with E-state index in [1.807, 2.05) is 85.2 Å². The molecule has 3 nitrogen and oxygen atoms in total. The molecule has 0 amide bonds. The molecule has 1 aliphatic rings. The van der Waals surface area contributed by atoms with Crippen LogP contribution in [0.4, 0.5) is 17.1 Å². The summed E-state index contributed by atoms with van der Waals surface area (Å²) in [6.45, 7) is 0. The van der Waals surface area contributed by atoms with E-state index < -0.39 is 5.41 Å². The average molecular weight is 960 g/mol. The minimum absolute atomic E-state index is 0. The predicted octanol–water partition coefficient (Wildman–Crippen LogP) is 7.51. The van der Waals surface area contributed by atoms with Gasteiger partial charge in [-0.1, -0.05) is 29.2 Å². The molecule has 2 aromatic heterocycles. The number of pyridine rings is 2. The fourth-order valence-corrected chi connectivity index (χ4v) is 5.61. The molecule has 2 heterocycles. The summed E-state index contributed by atoms with van der Waals surface area (Å²) in [4.78, 5) is 11.8. The number of benzene rings is 4. The molecule has 184 valence electrons. The van der Waals surface area contributed by atoms with Gasteiger partial charge in [-0.15, -0.1) is 29.3 Å². The molecule has 0 unspecified atom stereocenters. The summed E-state index contributed by atoms with van der Waals surface area (Å²) in [5, 5.41) is 0. The quantitative estimate of drug-likeness (QED) is 0.168. The molecule has 0 radical (unpaired) electrons. The molecule has 0 spiro atoms. The van der Waals surface area contributed by atoms with Crippen molar-refractivity contribution in [2.75, 3.05) is 4.90 Å². The summed E-state index contributed by atoms with van der Waals surface area (Å²) in [7, 11) is 0. The first-order chi connectivity index (χ1) is 18.9. The molecule has 0 N–H and O–H groups in total. The molecular formula is C35H21N3U2. The Morgan fingerprint density at radius 2 is 1.07 bits per heavy atom. The average Bonchev–Trinajstić information content (AvgIpc) is 3.30. The largest absolute Gasteiger partial charge is 2.00 e. The zero-order valence-corrected chi connectivity index (χ0v) is 29.8. The monoisotopic (exact) mass is 959 g/mol. The van der Waals surface area contributed by atoms with Gasteiger partial charge in [0, 0.05) is 17.8 Å². The minimum Gasteiger partial charge on any atom is -0.409 e. The molecule has 0 saturated carbocycles. The fourth-order valence-electron chi connectivity index (χ4n) is 5.61. The SMILES string of the molecule is [U+2].[U+2].[c-]1ccccc1N(c1[c-]cccc1)c1ccc[c-]c1C1(c2[c-]cccc2)c2cccnc2-c2ncccc21. The number of para-hydroxylation sites is 2. The van der Waals surface area contributed by atoms with Crippen LogP contribution >= 0.6 is 0 Å². The summed E-state index contributed by atoms with van der Waals surface area (Å²) < 4.78 is 0. The van der Waals surface area contributed by atoms with E-state index in [4.69, 9.17) is 9.97 Å². The third-order valence-corrected chi connectivity index (χ3v) is 7.08. The van der Waals surface area contributed by atoms with Crippen LogP contribution in [0.25, 0.3) is 11.4 Å². The molecule has 0 fully saturated rings. The Morgan fingerprint density at radius 3 is 1.60 bits per heavy atom. The standard InChI is InChI=1S/C35H21N3.2U/c1-4-14-26(15-5-1)35(30-21-12-24-36-33(30)34-31(35)22-13-25-37-34)29-20-10-11-23-32(29)38(27-16-6-2-7-17-27)28-18-8-3-9-19-28;;/h1-14,16,18,21-25H;;/q-4;2*+2. The van der Waals surface area contributed by atoms with Crippen LogP contribution in [0.2, 0.25) is 0 Å². The Kier molecular flexibility index (Phi) is 8.80. The molecule has 4 aromatic carbocycles. The summed E-state index contributed by atoms with van der Waals surface area (Å²) in [6, 6.07) is 52.8. The number of anilines is 3. The normalized spacial score (nSPS) is 12.3. The topological polar surface area (TPSA) is 29.0 Å². The first kappa shape index (κ1) is 28.6. The van der Waals surface area contributed by atoms with Gasteiger partial charge in [0.2, 0.25) is 0 Å². The maximum Gasteiger partial charge on any atom is 2.00 e. The van der Waals surface area contributed by atoms with Crippen LogP contribution in [0.3, 0.4) is 0 Å². The second-order valence-electron chi connectivity index (χ2n) is 9.09. The number of rotatable bonds is 5. The van der Waals surface area contributed by atoms with E-state index in [2.05, 4.69) is 71.6 Å². The van der Waals surface area contributed by atoms with Gasteiger partial charge >= 0.3 is 62.2 Å². The second kappa shape index (κ2) is 12.3. The van der Waals surface area contributed by atoms with Crippen molar-refractivity contribution in [3.63, 3.8) is 0 Å². The van der Waals surface area contributed by atoms with Gasteiger partial charge in [0.1, 0.15) is 0 Å². The Labute approximate surface area is 282 Å². The van der Waals surface area contributed by atoms with Crippen LogP contribution in [0.5, 0.6) is 0 Å². The molecule has 6 aromatic rings. The van der Waals surface area contributed by atoms with E-state index in [-0.39, 0.29) is 62.2 Å². The van der Waals surface area contributed by atoms with Crippen LogP contribution in [-0.4, -0.2) is 9.97 Å². The maximum atomic E-state index is 4.82. The van der Waals surface area contributed by atoms with Gasteiger partial charge in [0.05, 0.1) is 11.4 Å². The number of nitrogens with zero attached hydrogens (tertiary/aromatic N) is 3. The third-order valence-electron chi connectivity index (χ3n) is 7.08. The first-order valence-corrected chi connectivity index (χ1v) is 12.5. The van der Waals surface area contributed by atoms with Crippen LogP contribution < -0.4 is 4.90 Å². The van der Waals surface area contributed by atoms with Crippen molar-refractivity contribution in [2.24, 2.45) is 0 Å². The molecule has 0 saturated heterocycles. The number of aromatic nitrogens is 2. The van der Waals surface area contributed by atoms with E-state index in [0.29, 0.717) is 0 Å². The molecule has 7 rings (SSSR count). The van der Waals surface area contributed by atoms with Crippen LogP contribution in [0, 0.1) is 86.5 Å². The summed E-state index contributed by atoms with van der Waals surface area (Å²) in [6.07, 6.45) is 3.67. The number of fused-ring (bicyclic) bond motifs is 3. The van der Waals surface area contributed by atoms with Gasteiger partial charge in [-0.2, -0.15) is 97.1 Å². The summed E-state index contributed by atoms with van der Waals surface area (Å²) >= 11 is 0. The van der Waals surface area contributed by atoms with E-state index in [1.165, 1.54) is 0 Å². The molecule has 0 bridgehead atoms. The Hall–Kier alpha value is -2.92. The van der Waals surface area contributed by atoms with Gasteiger partial charge in [-0.05, 0) is 23.3 Å². The molecule has 0 atom stereocenters. The molecule has 1 aliphatic carbocycles. The molecule has 40 heavy (non-hydrogen) atoms. The van der Waals surface area contributed by atoms with Gasteiger partial charge < -0.3 is 4.90 Å². The van der Waals surface area contributed by atoms with Crippen LogP contribution in [-0.2, 0) is 5.41 Å². The van der Waals surface area contributed by atoms with Crippen molar-refractivity contribution in [1.82, 2.24) is 9.97 Å². The zero-order valence-electron chi connectivity index (χ0n) is 21.5. The molecule has 5 heteroatoms. The van der Waals surface area contributed by atoms with Gasteiger partial charge in [-0.25, -0.2) is 0 Å². The maximum absolute atomic E-state index is 4.82. The van der Waals surface area contributed by atoms with Crippen molar-refractivity contribution in [1.29, 1.82) is 0 Å². The van der Waals surface area contributed by atoms with E-state index in [1.54, 1.807) is 0 Å². The molecular weight excluding hydrogens is 938 g/mol. The van der Waals surface area contributed by atoms with Crippen molar-refractivity contribution in [3.05, 3.63) is 174 Å². The number of hydrogen-bond donors (Lipinski definition) is 0. The minimum atomic E-state index is -0.729. The van der Waals surface area contributed by atoms with Crippen molar-refractivity contribution in [2.45, 2.75) is 5.41 Å². The van der Waals surface area contributed by atoms with Gasteiger partial charge in [-0.3, -0.25) is 9.97 Å². The predicted molar refractivity (Wildman–Crippen MR) is 149 cm³/mol. The second-order valence-corrected chi connectivity index (χ2v) is 9.09. The number of hydrogen-bond acceptors (Lipinski definition) is 3. The van der Waals surface area contributed by atoms with Gasteiger partial charge in [0.25, 0.3) is 0 Å².